The molecule has 1 aromatic carbocycles. The third-order valence-electron chi connectivity index (χ3n) is 2.56. The van der Waals surface area contributed by atoms with Gasteiger partial charge in [-0.2, -0.15) is 0 Å². The van der Waals surface area contributed by atoms with Gasteiger partial charge >= 0.3 is 0 Å². The van der Waals surface area contributed by atoms with E-state index in [1.807, 2.05) is 30.5 Å². The Kier molecular flexibility index (Phi) is 2.46. The zero-order valence-electron chi connectivity index (χ0n) is 8.84. The summed E-state index contributed by atoms with van der Waals surface area (Å²) in [6.45, 7) is 0. The van der Waals surface area contributed by atoms with Crippen LogP contribution in [0, 0.1) is 0 Å². The molecule has 0 aliphatic carbocycles. The second-order valence-corrected chi connectivity index (χ2v) is 4.02. The van der Waals surface area contributed by atoms with Gasteiger partial charge in [0.15, 0.2) is 0 Å². The number of pyridine rings is 1. The van der Waals surface area contributed by atoms with Crippen LogP contribution in [0.25, 0.3) is 22.0 Å². The normalized spacial score (nSPS) is 10.6. The van der Waals surface area contributed by atoms with Crippen molar-refractivity contribution in [2.45, 2.75) is 0 Å². The fourth-order valence-electron chi connectivity index (χ4n) is 1.81. The average molecular weight is 242 g/mol. The van der Waals surface area contributed by atoms with Crippen molar-refractivity contribution in [1.29, 1.82) is 0 Å². The summed E-state index contributed by atoms with van der Waals surface area (Å²) in [5.41, 5.74) is 1.75. The number of hydrogen-bond acceptors (Lipinski definition) is 3. The number of rotatable bonds is 1. The molecular formula is C13H8ClN3. The van der Waals surface area contributed by atoms with Crippen molar-refractivity contribution in [2.75, 3.05) is 0 Å². The molecule has 3 rings (SSSR count). The van der Waals surface area contributed by atoms with Crippen molar-refractivity contribution in [3.63, 3.8) is 0 Å². The third-order valence-corrected chi connectivity index (χ3v) is 2.75. The van der Waals surface area contributed by atoms with Gasteiger partial charge in [-0.25, -0.2) is 4.98 Å². The summed E-state index contributed by atoms with van der Waals surface area (Å²) in [7, 11) is 0. The van der Waals surface area contributed by atoms with Crippen LogP contribution in [0.5, 0.6) is 0 Å². The van der Waals surface area contributed by atoms with Gasteiger partial charge in [-0.15, -0.1) is 0 Å². The molecule has 0 bridgehead atoms. The highest BCUT2D eigenvalue weighted by Crippen LogP contribution is 2.26. The molecule has 3 nitrogen and oxygen atoms in total. The minimum Gasteiger partial charge on any atom is -0.264 e. The van der Waals surface area contributed by atoms with Crippen LogP contribution in [0.1, 0.15) is 0 Å². The van der Waals surface area contributed by atoms with Gasteiger partial charge in [-0.1, -0.05) is 29.8 Å². The van der Waals surface area contributed by atoms with Gasteiger partial charge in [0, 0.05) is 23.3 Å². The maximum Gasteiger partial charge on any atom is 0.148 e. The van der Waals surface area contributed by atoms with Gasteiger partial charge in [0.05, 0.1) is 18.1 Å². The highest BCUT2D eigenvalue weighted by molar-refractivity contribution is 6.29. The van der Waals surface area contributed by atoms with Gasteiger partial charge in [0.2, 0.25) is 0 Å². The van der Waals surface area contributed by atoms with E-state index in [0.29, 0.717) is 5.15 Å². The lowest BCUT2D eigenvalue weighted by molar-refractivity contribution is 1.21. The Morgan fingerprint density at radius 1 is 0.941 bits per heavy atom. The summed E-state index contributed by atoms with van der Waals surface area (Å²) >= 11 is 5.86. The fourth-order valence-corrected chi connectivity index (χ4v) is 1.96. The van der Waals surface area contributed by atoms with E-state index in [-0.39, 0.29) is 0 Å². The minimum absolute atomic E-state index is 0.392. The van der Waals surface area contributed by atoms with Crippen LogP contribution in [0.4, 0.5) is 0 Å². The largest absolute Gasteiger partial charge is 0.264 e. The Balaban J connectivity index is 2.30. The van der Waals surface area contributed by atoms with Crippen LogP contribution in [0.2, 0.25) is 5.15 Å². The smallest absolute Gasteiger partial charge is 0.148 e. The maximum absolute atomic E-state index is 5.86. The lowest BCUT2D eigenvalue weighted by Gasteiger charge is -2.05. The van der Waals surface area contributed by atoms with E-state index >= 15 is 0 Å². The van der Waals surface area contributed by atoms with Crippen LogP contribution in [0.3, 0.4) is 0 Å². The van der Waals surface area contributed by atoms with E-state index in [1.165, 1.54) is 6.20 Å². The van der Waals surface area contributed by atoms with Gasteiger partial charge in [0.25, 0.3) is 0 Å². The average Bonchev–Trinajstić information content (AvgIpc) is 2.38. The molecule has 0 N–H and O–H groups in total. The molecule has 17 heavy (non-hydrogen) atoms. The van der Waals surface area contributed by atoms with E-state index in [9.17, 15) is 0 Å². The molecule has 0 spiro atoms. The molecule has 0 aliphatic rings. The fraction of sp³-hybridized carbons (Fsp3) is 0. The molecule has 2 heterocycles. The Bertz CT molecular complexity index is 677. The number of hydrogen-bond donors (Lipinski definition) is 0. The van der Waals surface area contributed by atoms with Crippen LogP contribution in [-0.4, -0.2) is 15.0 Å². The summed E-state index contributed by atoms with van der Waals surface area (Å²) in [4.78, 5) is 12.5. The molecular weight excluding hydrogens is 234 g/mol. The summed E-state index contributed by atoms with van der Waals surface area (Å²) in [5, 5.41) is 2.56. The minimum atomic E-state index is 0.392. The monoisotopic (exact) mass is 241 g/mol. The van der Waals surface area contributed by atoms with Crippen molar-refractivity contribution < 1.29 is 0 Å². The first kappa shape index (κ1) is 10.2. The summed E-state index contributed by atoms with van der Waals surface area (Å²) in [6, 6.07) is 7.99. The first-order chi connectivity index (χ1) is 8.34. The van der Waals surface area contributed by atoms with E-state index < -0.39 is 0 Å². The molecule has 0 saturated heterocycles. The Morgan fingerprint density at radius 2 is 1.88 bits per heavy atom. The van der Waals surface area contributed by atoms with Crippen molar-refractivity contribution in [2.24, 2.45) is 0 Å². The molecule has 0 unspecified atom stereocenters. The Labute approximate surface area is 103 Å². The van der Waals surface area contributed by atoms with Crippen molar-refractivity contribution >= 4 is 22.4 Å². The number of aromatic nitrogens is 3. The second kappa shape index (κ2) is 4.11. The predicted molar refractivity (Wildman–Crippen MR) is 67.8 cm³/mol. The Hall–Kier alpha value is -2.00. The van der Waals surface area contributed by atoms with Gasteiger partial charge in [-0.3, -0.25) is 9.97 Å². The quantitative estimate of drug-likeness (QED) is 0.656. The zero-order chi connectivity index (χ0) is 11.7. The number of nitrogens with zero attached hydrogens (tertiary/aromatic N) is 3. The molecule has 0 amide bonds. The van der Waals surface area contributed by atoms with E-state index in [1.54, 1.807) is 12.4 Å². The molecule has 3 aromatic rings. The molecule has 0 fully saturated rings. The zero-order valence-corrected chi connectivity index (χ0v) is 9.59. The van der Waals surface area contributed by atoms with Gasteiger partial charge < -0.3 is 0 Å². The maximum atomic E-state index is 5.86. The number of benzene rings is 1. The molecule has 0 aliphatic heterocycles. The highest BCUT2D eigenvalue weighted by Gasteiger charge is 2.05. The summed E-state index contributed by atoms with van der Waals surface area (Å²) < 4.78 is 0. The highest BCUT2D eigenvalue weighted by atomic mass is 35.5. The SMILES string of the molecule is Clc1cncc(-c2cccc3ccncc23)n1. The first-order valence-electron chi connectivity index (χ1n) is 5.15. The molecule has 2 aromatic heterocycles. The van der Waals surface area contributed by atoms with Crippen LogP contribution in [0.15, 0.2) is 49.1 Å². The van der Waals surface area contributed by atoms with Gasteiger partial charge in [-0.05, 0) is 11.5 Å². The van der Waals surface area contributed by atoms with Crippen molar-refractivity contribution in [3.05, 3.63) is 54.2 Å². The van der Waals surface area contributed by atoms with E-state index in [4.69, 9.17) is 11.6 Å². The van der Waals surface area contributed by atoms with Crippen LogP contribution < -0.4 is 0 Å². The molecule has 0 atom stereocenters. The topological polar surface area (TPSA) is 38.7 Å². The molecule has 4 heteroatoms. The molecule has 82 valence electrons. The van der Waals surface area contributed by atoms with Crippen molar-refractivity contribution in [1.82, 2.24) is 15.0 Å². The standard InChI is InChI=1S/C13H8ClN3/c14-13-8-16-7-12(17-13)10-3-1-2-9-4-5-15-6-11(9)10/h1-8H. The van der Waals surface area contributed by atoms with Crippen LogP contribution in [-0.2, 0) is 0 Å². The van der Waals surface area contributed by atoms with Gasteiger partial charge in [0.1, 0.15) is 5.15 Å². The van der Waals surface area contributed by atoms with E-state index in [0.717, 1.165) is 22.0 Å². The predicted octanol–water partition coefficient (Wildman–Crippen LogP) is 3.35. The number of fused-ring (bicyclic) bond motifs is 1. The molecule has 0 radical (unpaired) electrons. The molecule has 0 saturated carbocycles. The number of halogens is 1. The second-order valence-electron chi connectivity index (χ2n) is 3.63. The summed E-state index contributed by atoms with van der Waals surface area (Å²) in [5.74, 6) is 0. The van der Waals surface area contributed by atoms with Crippen molar-refractivity contribution in [3.8, 4) is 11.3 Å². The lowest BCUT2D eigenvalue weighted by atomic mass is 10.0. The third kappa shape index (κ3) is 1.85. The first-order valence-corrected chi connectivity index (χ1v) is 5.53. The summed E-state index contributed by atoms with van der Waals surface area (Å²) in [6.07, 6.45) is 6.82. The Morgan fingerprint density at radius 3 is 2.76 bits per heavy atom. The van der Waals surface area contributed by atoms with Crippen LogP contribution >= 0.6 is 11.6 Å². The van der Waals surface area contributed by atoms with E-state index in [2.05, 4.69) is 15.0 Å². The lowest BCUT2D eigenvalue weighted by Crippen LogP contribution is -1.88.